The average molecular weight is 260 g/mol. The zero-order valence-corrected chi connectivity index (χ0v) is 12.5. The van der Waals surface area contributed by atoms with Crippen LogP contribution in [0, 0.1) is 17.8 Å². The van der Waals surface area contributed by atoms with Crippen molar-refractivity contribution in [1.82, 2.24) is 0 Å². The normalized spacial score (nSPS) is 15.2. The molecule has 0 aromatic carbocycles. The molecule has 0 fully saturated rings. The van der Waals surface area contributed by atoms with E-state index in [1.54, 1.807) is 0 Å². The molecule has 1 N–H and O–H groups in total. The van der Waals surface area contributed by atoms with Gasteiger partial charge in [0.2, 0.25) is 0 Å². The van der Waals surface area contributed by atoms with Gasteiger partial charge in [0.1, 0.15) is 6.10 Å². The van der Waals surface area contributed by atoms with E-state index in [-0.39, 0.29) is 36.4 Å². The van der Waals surface area contributed by atoms with Crippen LogP contribution in [-0.4, -0.2) is 36.5 Å². The van der Waals surface area contributed by atoms with E-state index in [9.17, 15) is 9.90 Å². The summed E-state index contributed by atoms with van der Waals surface area (Å²) in [5, 5.41) is 9.62. The lowest BCUT2D eigenvalue weighted by Gasteiger charge is -2.23. The standard InChI is InChI=1S/C14H28O4/c1-9(2)12(15)7-17-8-13(10(3)4)18-14(16)11(5)6/h9-13,15H,7-8H2,1-6H3. The number of aliphatic hydroxyl groups excluding tert-OH is 1. The molecule has 108 valence electrons. The quantitative estimate of drug-likeness (QED) is 0.680. The number of ether oxygens (including phenoxy) is 2. The average Bonchev–Trinajstić information content (AvgIpc) is 2.26. The van der Waals surface area contributed by atoms with Crippen molar-refractivity contribution in [2.24, 2.45) is 17.8 Å². The Bertz CT molecular complexity index is 236. The van der Waals surface area contributed by atoms with E-state index in [2.05, 4.69) is 0 Å². The van der Waals surface area contributed by atoms with Crippen LogP contribution in [0.3, 0.4) is 0 Å². The van der Waals surface area contributed by atoms with Crippen molar-refractivity contribution in [1.29, 1.82) is 0 Å². The van der Waals surface area contributed by atoms with E-state index in [0.29, 0.717) is 6.61 Å². The summed E-state index contributed by atoms with van der Waals surface area (Å²) in [4.78, 5) is 11.5. The van der Waals surface area contributed by atoms with Crippen LogP contribution >= 0.6 is 0 Å². The molecule has 2 atom stereocenters. The highest BCUT2D eigenvalue weighted by atomic mass is 16.6. The molecule has 18 heavy (non-hydrogen) atoms. The Morgan fingerprint density at radius 2 is 1.56 bits per heavy atom. The second-order valence-electron chi connectivity index (χ2n) is 5.72. The molecule has 0 aromatic heterocycles. The van der Waals surface area contributed by atoms with Crippen LogP contribution in [0.5, 0.6) is 0 Å². The summed E-state index contributed by atoms with van der Waals surface area (Å²) in [7, 11) is 0. The van der Waals surface area contributed by atoms with Gasteiger partial charge in [-0.05, 0) is 11.8 Å². The molecular formula is C14H28O4. The second kappa shape index (κ2) is 8.48. The van der Waals surface area contributed by atoms with E-state index in [1.165, 1.54) is 0 Å². The molecule has 0 aliphatic heterocycles. The van der Waals surface area contributed by atoms with Gasteiger partial charge in [-0.1, -0.05) is 41.5 Å². The maximum Gasteiger partial charge on any atom is 0.308 e. The Balaban J connectivity index is 4.10. The number of hydrogen-bond donors (Lipinski definition) is 1. The molecule has 0 saturated carbocycles. The van der Waals surface area contributed by atoms with Gasteiger partial charge in [0.05, 0.1) is 25.2 Å². The Hall–Kier alpha value is -0.610. The summed E-state index contributed by atoms with van der Waals surface area (Å²) in [6.07, 6.45) is -0.724. The van der Waals surface area contributed by atoms with Gasteiger partial charge in [-0.2, -0.15) is 0 Å². The van der Waals surface area contributed by atoms with Crippen molar-refractivity contribution in [3.63, 3.8) is 0 Å². The number of esters is 1. The van der Waals surface area contributed by atoms with Crippen molar-refractivity contribution in [2.75, 3.05) is 13.2 Å². The Labute approximate surface area is 111 Å². The number of aliphatic hydroxyl groups is 1. The number of hydrogen-bond acceptors (Lipinski definition) is 4. The van der Waals surface area contributed by atoms with E-state index < -0.39 is 6.10 Å². The van der Waals surface area contributed by atoms with Gasteiger partial charge in [-0.15, -0.1) is 0 Å². The highest BCUT2D eigenvalue weighted by Crippen LogP contribution is 2.11. The van der Waals surface area contributed by atoms with Gasteiger partial charge in [0.15, 0.2) is 0 Å². The van der Waals surface area contributed by atoms with Gasteiger partial charge in [-0.25, -0.2) is 0 Å². The van der Waals surface area contributed by atoms with Crippen LogP contribution in [-0.2, 0) is 14.3 Å². The summed E-state index contributed by atoms with van der Waals surface area (Å²) in [6.45, 7) is 12.1. The first kappa shape index (κ1) is 17.4. The van der Waals surface area contributed by atoms with Gasteiger partial charge in [-0.3, -0.25) is 4.79 Å². The Morgan fingerprint density at radius 3 is 1.94 bits per heavy atom. The molecule has 0 heterocycles. The molecule has 0 radical (unpaired) electrons. The van der Waals surface area contributed by atoms with Crippen LogP contribution in [0.1, 0.15) is 41.5 Å². The Morgan fingerprint density at radius 1 is 1.00 bits per heavy atom. The zero-order valence-electron chi connectivity index (χ0n) is 12.5. The lowest BCUT2D eigenvalue weighted by atomic mass is 10.1. The van der Waals surface area contributed by atoms with Crippen LogP contribution in [0.2, 0.25) is 0 Å². The molecule has 0 bridgehead atoms. The number of rotatable bonds is 8. The topological polar surface area (TPSA) is 55.8 Å². The fourth-order valence-electron chi connectivity index (χ4n) is 1.15. The van der Waals surface area contributed by atoms with Crippen molar-refractivity contribution >= 4 is 5.97 Å². The fourth-order valence-corrected chi connectivity index (χ4v) is 1.15. The molecule has 0 aliphatic carbocycles. The largest absolute Gasteiger partial charge is 0.459 e. The summed E-state index contributed by atoms with van der Waals surface area (Å²) < 4.78 is 10.8. The van der Waals surface area contributed by atoms with Crippen LogP contribution < -0.4 is 0 Å². The molecule has 0 amide bonds. The Kier molecular flexibility index (Phi) is 8.20. The smallest absolute Gasteiger partial charge is 0.308 e. The summed E-state index contributed by atoms with van der Waals surface area (Å²) in [5.41, 5.74) is 0. The molecule has 0 rings (SSSR count). The van der Waals surface area contributed by atoms with Crippen LogP contribution in [0.4, 0.5) is 0 Å². The highest BCUT2D eigenvalue weighted by molar-refractivity contribution is 5.71. The summed E-state index contributed by atoms with van der Waals surface area (Å²) in [6, 6.07) is 0. The van der Waals surface area contributed by atoms with Crippen molar-refractivity contribution in [2.45, 2.75) is 53.8 Å². The maximum atomic E-state index is 11.5. The maximum absolute atomic E-state index is 11.5. The second-order valence-corrected chi connectivity index (χ2v) is 5.72. The first-order valence-electron chi connectivity index (χ1n) is 6.72. The molecule has 0 saturated heterocycles. The lowest BCUT2D eigenvalue weighted by molar-refractivity contribution is -0.159. The summed E-state index contributed by atoms with van der Waals surface area (Å²) in [5.74, 6) is 0.0267. The van der Waals surface area contributed by atoms with E-state index >= 15 is 0 Å². The van der Waals surface area contributed by atoms with Gasteiger partial charge < -0.3 is 14.6 Å². The SMILES string of the molecule is CC(C)C(=O)OC(COCC(O)C(C)C)C(C)C. The third-order valence-electron chi connectivity index (χ3n) is 2.82. The third kappa shape index (κ3) is 6.97. The first-order chi connectivity index (χ1) is 8.25. The number of carbonyl (C=O) groups is 1. The predicted octanol–water partition coefficient (Wildman–Crippen LogP) is 2.24. The lowest BCUT2D eigenvalue weighted by Crippen LogP contribution is -2.32. The van der Waals surface area contributed by atoms with E-state index in [1.807, 2.05) is 41.5 Å². The minimum atomic E-state index is -0.474. The number of carbonyl (C=O) groups excluding carboxylic acids is 1. The van der Waals surface area contributed by atoms with E-state index in [4.69, 9.17) is 9.47 Å². The molecular weight excluding hydrogens is 232 g/mol. The monoisotopic (exact) mass is 260 g/mol. The van der Waals surface area contributed by atoms with Crippen molar-refractivity contribution in [3.05, 3.63) is 0 Å². The van der Waals surface area contributed by atoms with Crippen LogP contribution in [0.25, 0.3) is 0 Å². The minimum Gasteiger partial charge on any atom is -0.459 e. The zero-order chi connectivity index (χ0) is 14.3. The first-order valence-corrected chi connectivity index (χ1v) is 6.72. The van der Waals surface area contributed by atoms with E-state index in [0.717, 1.165) is 0 Å². The molecule has 0 spiro atoms. The molecule has 4 nitrogen and oxygen atoms in total. The molecule has 4 heteroatoms. The molecule has 0 aromatic rings. The molecule has 0 aliphatic rings. The van der Waals surface area contributed by atoms with Crippen LogP contribution in [0.15, 0.2) is 0 Å². The van der Waals surface area contributed by atoms with Crippen molar-refractivity contribution < 1.29 is 19.4 Å². The van der Waals surface area contributed by atoms with Gasteiger partial charge in [0.25, 0.3) is 0 Å². The third-order valence-corrected chi connectivity index (χ3v) is 2.82. The summed E-state index contributed by atoms with van der Waals surface area (Å²) >= 11 is 0. The highest BCUT2D eigenvalue weighted by Gasteiger charge is 2.21. The fraction of sp³-hybridized carbons (Fsp3) is 0.929. The minimum absolute atomic E-state index is 0.132. The molecule has 2 unspecified atom stereocenters. The predicted molar refractivity (Wildman–Crippen MR) is 71.2 cm³/mol. The van der Waals surface area contributed by atoms with Gasteiger partial charge in [0, 0.05) is 0 Å². The van der Waals surface area contributed by atoms with Crippen molar-refractivity contribution in [3.8, 4) is 0 Å². The van der Waals surface area contributed by atoms with Gasteiger partial charge >= 0.3 is 5.97 Å².